The van der Waals surface area contributed by atoms with E-state index in [0.29, 0.717) is 13.0 Å². The lowest BCUT2D eigenvalue weighted by molar-refractivity contribution is -0.130. The van der Waals surface area contributed by atoms with Crippen molar-refractivity contribution in [3.8, 4) is 11.5 Å². The Labute approximate surface area is 169 Å². The molecule has 1 heterocycles. The molecule has 0 fully saturated rings. The summed E-state index contributed by atoms with van der Waals surface area (Å²) in [4.78, 5) is 12.1. The van der Waals surface area contributed by atoms with Gasteiger partial charge in [-0.25, -0.2) is 5.01 Å². The first kappa shape index (κ1) is 18.7. The lowest BCUT2D eigenvalue weighted by Gasteiger charge is -2.20. The Hall–Kier alpha value is -3.60. The molecule has 5 heteroatoms. The zero-order chi connectivity index (χ0) is 20.2. The number of hydrazone groups is 1. The van der Waals surface area contributed by atoms with Crippen LogP contribution < -0.4 is 4.74 Å². The number of aromatic hydroxyl groups is 1. The molecule has 0 aliphatic carbocycles. The quantitative estimate of drug-likeness (QED) is 0.693. The molecule has 0 bridgehead atoms. The molecule has 5 nitrogen and oxygen atoms in total. The van der Waals surface area contributed by atoms with Gasteiger partial charge in [-0.2, -0.15) is 5.10 Å². The summed E-state index contributed by atoms with van der Waals surface area (Å²) in [6.45, 7) is 2.03. The molecular formula is C24H22N2O3. The smallest absolute Gasteiger partial charge is 0.240 e. The zero-order valence-corrected chi connectivity index (χ0v) is 16.2. The Morgan fingerprint density at radius 2 is 1.72 bits per heavy atom. The van der Waals surface area contributed by atoms with Crippen molar-refractivity contribution in [1.82, 2.24) is 5.01 Å². The summed E-state index contributed by atoms with van der Waals surface area (Å²) in [5.74, 6) is 0.885. The van der Waals surface area contributed by atoms with E-state index < -0.39 is 0 Å². The van der Waals surface area contributed by atoms with Gasteiger partial charge in [0.15, 0.2) is 0 Å². The third-order valence-corrected chi connectivity index (χ3v) is 4.95. The number of benzene rings is 3. The molecule has 1 aliphatic rings. The lowest BCUT2D eigenvalue weighted by atomic mass is 9.98. The topological polar surface area (TPSA) is 62.1 Å². The van der Waals surface area contributed by atoms with E-state index in [4.69, 9.17) is 4.74 Å². The molecule has 1 aliphatic heterocycles. The average molecular weight is 386 g/mol. The third-order valence-electron chi connectivity index (χ3n) is 4.95. The van der Waals surface area contributed by atoms with Crippen LogP contribution in [0.1, 0.15) is 36.1 Å². The van der Waals surface area contributed by atoms with Gasteiger partial charge >= 0.3 is 0 Å². The number of ether oxygens (including phenoxy) is 1. The van der Waals surface area contributed by atoms with Crippen LogP contribution in [0, 0.1) is 0 Å². The average Bonchev–Trinajstić information content (AvgIpc) is 3.20. The maximum absolute atomic E-state index is 12.1. The van der Waals surface area contributed by atoms with E-state index in [2.05, 4.69) is 5.10 Å². The molecule has 0 saturated heterocycles. The second-order valence-corrected chi connectivity index (χ2v) is 7.02. The monoisotopic (exact) mass is 386 g/mol. The molecule has 1 amide bonds. The molecule has 3 aromatic rings. The van der Waals surface area contributed by atoms with Crippen molar-refractivity contribution in [2.75, 3.05) is 0 Å². The molecule has 1 N–H and O–H groups in total. The molecule has 1 atom stereocenters. The van der Waals surface area contributed by atoms with Crippen LogP contribution in [0.15, 0.2) is 84.0 Å². The summed E-state index contributed by atoms with van der Waals surface area (Å²) in [5.41, 5.74) is 3.85. The first-order valence-corrected chi connectivity index (χ1v) is 9.53. The van der Waals surface area contributed by atoms with Crippen LogP contribution in [-0.2, 0) is 11.4 Å². The van der Waals surface area contributed by atoms with Gasteiger partial charge in [-0.05, 0) is 53.1 Å². The van der Waals surface area contributed by atoms with Crippen molar-refractivity contribution in [3.05, 3.63) is 95.6 Å². The molecule has 0 spiro atoms. The molecule has 4 rings (SSSR count). The van der Waals surface area contributed by atoms with Gasteiger partial charge in [0, 0.05) is 13.3 Å². The van der Waals surface area contributed by atoms with E-state index in [9.17, 15) is 9.90 Å². The number of carbonyl (C=O) groups excluding carboxylic acids is 1. The first-order valence-electron chi connectivity index (χ1n) is 9.53. The molecule has 0 saturated carbocycles. The number of phenolic OH excluding ortho intramolecular Hbond substituents is 1. The normalized spacial score (nSPS) is 15.8. The summed E-state index contributed by atoms with van der Waals surface area (Å²) in [5, 5.41) is 15.6. The predicted octanol–water partition coefficient (Wildman–Crippen LogP) is 4.67. The van der Waals surface area contributed by atoms with Crippen molar-refractivity contribution in [3.63, 3.8) is 0 Å². The summed E-state index contributed by atoms with van der Waals surface area (Å²) >= 11 is 0. The van der Waals surface area contributed by atoms with Crippen LogP contribution in [0.5, 0.6) is 11.5 Å². The van der Waals surface area contributed by atoms with E-state index in [1.807, 2.05) is 66.7 Å². The third kappa shape index (κ3) is 4.29. The highest BCUT2D eigenvalue weighted by molar-refractivity contribution is 6.03. The summed E-state index contributed by atoms with van der Waals surface area (Å²) < 4.78 is 5.85. The van der Waals surface area contributed by atoms with Gasteiger partial charge in [0.2, 0.25) is 5.91 Å². The molecule has 1 unspecified atom stereocenters. The van der Waals surface area contributed by atoms with Crippen molar-refractivity contribution in [2.24, 2.45) is 5.10 Å². The SMILES string of the molecule is CC(=O)N1N=C(c2ccc(O)cc2)CC1c1ccc(OCc2ccccc2)cc1. The van der Waals surface area contributed by atoms with E-state index >= 15 is 0 Å². The summed E-state index contributed by atoms with van der Waals surface area (Å²) in [6.07, 6.45) is 0.620. The Bertz CT molecular complexity index is 1010. The van der Waals surface area contributed by atoms with Gasteiger partial charge in [-0.1, -0.05) is 42.5 Å². The number of amides is 1. The zero-order valence-electron chi connectivity index (χ0n) is 16.2. The number of hydrogen-bond acceptors (Lipinski definition) is 4. The van der Waals surface area contributed by atoms with Crippen LogP contribution in [0.3, 0.4) is 0 Å². The van der Waals surface area contributed by atoms with Crippen molar-refractivity contribution >= 4 is 11.6 Å². The Morgan fingerprint density at radius 3 is 2.38 bits per heavy atom. The van der Waals surface area contributed by atoms with Gasteiger partial charge in [-0.15, -0.1) is 0 Å². The Morgan fingerprint density at radius 1 is 1.03 bits per heavy atom. The number of rotatable bonds is 5. The maximum Gasteiger partial charge on any atom is 0.240 e. The van der Waals surface area contributed by atoms with Crippen molar-refractivity contribution < 1.29 is 14.6 Å². The lowest BCUT2D eigenvalue weighted by Crippen LogP contribution is -2.24. The molecule has 0 aromatic heterocycles. The van der Waals surface area contributed by atoms with Crippen LogP contribution in [-0.4, -0.2) is 21.7 Å². The second kappa shape index (κ2) is 8.19. The Balaban J connectivity index is 1.48. The highest BCUT2D eigenvalue weighted by Gasteiger charge is 2.31. The summed E-state index contributed by atoms with van der Waals surface area (Å²) in [7, 11) is 0. The molecule has 0 radical (unpaired) electrons. The van der Waals surface area contributed by atoms with Crippen LogP contribution >= 0.6 is 0 Å². The van der Waals surface area contributed by atoms with Gasteiger partial charge in [0.25, 0.3) is 0 Å². The van der Waals surface area contributed by atoms with Gasteiger partial charge in [0.1, 0.15) is 18.1 Å². The molecule has 146 valence electrons. The fraction of sp³-hybridized carbons (Fsp3) is 0.167. The van der Waals surface area contributed by atoms with Crippen molar-refractivity contribution in [2.45, 2.75) is 26.0 Å². The fourth-order valence-corrected chi connectivity index (χ4v) is 3.42. The van der Waals surface area contributed by atoms with Gasteiger partial charge in [-0.3, -0.25) is 4.79 Å². The van der Waals surface area contributed by atoms with E-state index in [-0.39, 0.29) is 17.7 Å². The second-order valence-electron chi connectivity index (χ2n) is 7.02. The number of nitrogens with zero attached hydrogens (tertiary/aromatic N) is 2. The van der Waals surface area contributed by atoms with Crippen molar-refractivity contribution in [1.29, 1.82) is 0 Å². The standard InChI is InChI=1S/C24H22N2O3/c1-17(27)26-24(15-23(25-26)19-7-11-21(28)12-8-19)20-9-13-22(14-10-20)29-16-18-5-3-2-4-6-18/h2-14,24,28H,15-16H2,1H3. The highest BCUT2D eigenvalue weighted by atomic mass is 16.5. The number of phenols is 1. The van der Waals surface area contributed by atoms with Crippen LogP contribution in [0.25, 0.3) is 0 Å². The first-order chi connectivity index (χ1) is 14.1. The van der Waals surface area contributed by atoms with Crippen LogP contribution in [0.4, 0.5) is 0 Å². The van der Waals surface area contributed by atoms with E-state index in [1.165, 1.54) is 11.9 Å². The van der Waals surface area contributed by atoms with E-state index in [0.717, 1.165) is 28.2 Å². The predicted molar refractivity (Wildman–Crippen MR) is 112 cm³/mol. The minimum atomic E-state index is -0.153. The fourth-order valence-electron chi connectivity index (χ4n) is 3.42. The minimum Gasteiger partial charge on any atom is -0.508 e. The summed E-state index contributed by atoms with van der Waals surface area (Å²) in [6, 6.07) is 24.6. The number of carbonyl (C=O) groups is 1. The van der Waals surface area contributed by atoms with Gasteiger partial charge in [0.05, 0.1) is 11.8 Å². The highest BCUT2D eigenvalue weighted by Crippen LogP contribution is 2.33. The van der Waals surface area contributed by atoms with E-state index in [1.54, 1.807) is 12.1 Å². The minimum absolute atomic E-state index is 0.104. The Kier molecular flexibility index (Phi) is 5.29. The van der Waals surface area contributed by atoms with Crippen LogP contribution in [0.2, 0.25) is 0 Å². The molecular weight excluding hydrogens is 364 g/mol. The largest absolute Gasteiger partial charge is 0.508 e. The maximum atomic E-state index is 12.1. The number of hydrogen-bond donors (Lipinski definition) is 1. The molecule has 3 aromatic carbocycles. The molecule has 29 heavy (non-hydrogen) atoms. The van der Waals surface area contributed by atoms with Gasteiger partial charge < -0.3 is 9.84 Å².